The summed E-state index contributed by atoms with van der Waals surface area (Å²) < 4.78 is 112. The third-order valence-corrected chi connectivity index (χ3v) is 4.68. The Morgan fingerprint density at radius 3 is 1.59 bits per heavy atom. The molecule has 0 bridgehead atoms. The largest absolute Gasteiger partial charge is 0.481 e. The first-order valence-electron chi connectivity index (χ1n) is 11.3. The lowest BCUT2D eigenvalue weighted by Crippen LogP contribution is -2.30. The number of benzene rings is 2. The molecule has 12 heteroatoms. The van der Waals surface area contributed by atoms with Crippen molar-refractivity contribution in [1.29, 1.82) is 0 Å². The maximum atomic E-state index is 12.9. The van der Waals surface area contributed by atoms with Crippen LogP contribution < -0.4 is 0 Å². The van der Waals surface area contributed by atoms with Crippen molar-refractivity contribution >= 4 is 5.97 Å². The predicted molar refractivity (Wildman–Crippen MR) is 122 cm³/mol. The van der Waals surface area contributed by atoms with Gasteiger partial charge in [-0.05, 0) is 49.7 Å². The van der Waals surface area contributed by atoms with Gasteiger partial charge in [-0.25, -0.2) is 0 Å². The molecule has 1 heterocycles. The van der Waals surface area contributed by atoms with E-state index in [2.05, 4.69) is 0 Å². The van der Waals surface area contributed by atoms with Crippen molar-refractivity contribution in [3.63, 3.8) is 0 Å². The van der Waals surface area contributed by atoms with Crippen molar-refractivity contribution in [2.45, 2.75) is 65.1 Å². The molecule has 0 atom stereocenters. The Labute approximate surface area is 209 Å². The molecule has 0 aromatic heterocycles. The molecule has 0 radical (unpaired) electrons. The second-order valence-electron chi connectivity index (χ2n) is 7.59. The number of likely N-dealkylation sites (tertiary alicyclic amines) is 1. The topological polar surface area (TPSA) is 40.5 Å². The van der Waals surface area contributed by atoms with Crippen molar-refractivity contribution in [3.05, 3.63) is 70.8 Å². The molecule has 0 amide bonds. The molecule has 1 aliphatic heterocycles. The fourth-order valence-corrected chi connectivity index (χ4v) is 3.16. The zero-order valence-electron chi connectivity index (χ0n) is 20.6. The molecule has 2 aromatic rings. The number of hydrogen-bond acceptors (Lipinski definition) is 2. The average Bonchev–Trinajstić information content (AvgIpc) is 2.80. The second-order valence-corrected chi connectivity index (χ2v) is 7.59. The van der Waals surface area contributed by atoms with Gasteiger partial charge in [0, 0.05) is 13.5 Å². The number of piperidine rings is 1. The molecule has 37 heavy (non-hydrogen) atoms. The van der Waals surface area contributed by atoms with E-state index in [1.807, 2.05) is 13.8 Å². The number of alkyl halides is 9. The highest BCUT2D eigenvalue weighted by Crippen LogP contribution is 2.37. The highest BCUT2D eigenvalue weighted by atomic mass is 19.4. The Balaban J connectivity index is 0.000000671. The summed E-state index contributed by atoms with van der Waals surface area (Å²) in [4.78, 5) is 10.8. The van der Waals surface area contributed by atoms with Gasteiger partial charge in [0.05, 0.1) is 16.7 Å². The molecule has 1 saturated heterocycles. The Hall–Kier alpha value is -2.76. The van der Waals surface area contributed by atoms with Gasteiger partial charge in [-0.2, -0.15) is 39.5 Å². The van der Waals surface area contributed by atoms with Crippen LogP contribution in [0.5, 0.6) is 0 Å². The van der Waals surface area contributed by atoms with E-state index in [0.29, 0.717) is 31.3 Å². The molecule has 1 N–H and O–H groups in total. The number of halogens is 9. The van der Waals surface area contributed by atoms with E-state index in [0.717, 1.165) is 38.3 Å². The minimum atomic E-state index is -4.64. The summed E-state index contributed by atoms with van der Waals surface area (Å²) in [5.41, 5.74) is -2.93. The van der Waals surface area contributed by atoms with E-state index in [4.69, 9.17) is 9.90 Å². The van der Waals surface area contributed by atoms with Crippen LogP contribution in [-0.2, 0) is 29.9 Å². The van der Waals surface area contributed by atoms with Crippen LogP contribution in [0.1, 0.15) is 62.3 Å². The summed E-state index contributed by atoms with van der Waals surface area (Å²) in [5, 5.41) is 7.42. The van der Waals surface area contributed by atoms with Gasteiger partial charge >= 0.3 is 18.5 Å². The number of nitrogens with zero attached hydrogens (tertiary/aromatic N) is 1. The molecular formula is C25H30F9NO2. The molecule has 1 fully saturated rings. The Kier molecular flexibility index (Phi) is 14.3. The molecule has 210 valence electrons. The van der Waals surface area contributed by atoms with Crippen molar-refractivity contribution in [1.82, 2.24) is 4.90 Å². The van der Waals surface area contributed by atoms with Gasteiger partial charge in [0.2, 0.25) is 0 Å². The standard InChI is InChI=1S/C14H15F6N.C7H5F3.C2H4O2.C2H6/c15-13(16,17)11-4-5-12(14(18,19)20)10(8-11)9-21-6-2-1-3-7-21;8-7(9,10)6-4-2-1-3-5-6;1-2(3)4;1-2/h4-5,8H,1-3,6-7,9H2;1-5H;1H3,(H,3,4);1-2H3. The van der Waals surface area contributed by atoms with E-state index in [-0.39, 0.29) is 12.1 Å². The van der Waals surface area contributed by atoms with Crippen LogP contribution in [0, 0.1) is 0 Å². The van der Waals surface area contributed by atoms with Crippen molar-refractivity contribution in [2.24, 2.45) is 0 Å². The minimum Gasteiger partial charge on any atom is -0.481 e. The van der Waals surface area contributed by atoms with E-state index in [9.17, 15) is 39.5 Å². The quantitative estimate of drug-likeness (QED) is 0.383. The smallest absolute Gasteiger partial charge is 0.416 e. The lowest BCUT2D eigenvalue weighted by molar-refractivity contribution is -0.142. The SMILES string of the molecule is CC.CC(=O)O.FC(F)(F)c1ccc(C(F)(F)F)c(CN2CCCCC2)c1.FC(F)(F)c1ccccc1. The van der Waals surface area contributed by atoms with Crippen LogP contribution in [0.15, 0.2) is 48.5 Å². The van der Waals surface area contributed by atoms with Gasteiger partial charge in [-0.3, -0.25) is 9.69 Å². The first-order valence-corrected chi connectivity index (χ1v) is 11.3. The number of carbonyl (C=O) groups is 1. The summed E-state index contributed by atoms with van der Waals surface area (Å²) in [6, 6.07) is 8.00. The normalized spacial score (nSPS) is 14.2. The first-order chi connectivity index (χ1) is 17.0. The van der Waals surface area contributed by atoms with Crippen LogP contribution in [0.4, 0.5) is 39.5 Å². The summed E-state index contributed by atoms with van der Waals surface area (Å²) in [6.45, 7) is 6.22. The summed E-state index contributed by atoms with van der Waals surface area (Å²) in [7, 11) is 0. The van der Waals surface area contributed by atoms with Gasteiger partial charge in [-0.15, -0.1) is 0 Å². The van der Waals surface area contributed by atoms with Crippen molar-refractivity contribution in [3.8, 4) is 0 Å². The van der Waals surface area contributed by atoms with Gasteiger partial charge in [0.1, 0.15) is 0 Å². The molecule has 3 nitrogen and oxygen atoms in total. The van der Waals surface area contributed by atoms with Crippen LogP contribution in [0.2, 0.25) is 0 Å². The van der Waals surface area contributed by atoms with E-state index < -0.39 is 41.2 Å². The zero-order chi connectivity index (χ0) is 28.9. The highest BCUT2D eigenvalue weighted by molar-refractivity contribution is 5.62. The number of carboxylic acids is 1. The van der Waals surface area contributed by atoms with Gasteiger partial charge in [0.15, 0.2) is 0 Å². The predicted octanol–water partition coefficient (Wildman–Crippen LogP) is 8.53. The maximum Gasteiger partial charge on any atom is 0.416 e. The fraction of sp³-hybridized carbons (Fsp3) is 0.480. The monoisotopic (exact) mass is 547 g/mol. The number of carboxylic acid groups (broad SMARTS) is 1. The highest BCUT2D eigenvalue weighted by Gasteiger charge is 2.37. The van der Waals surface area contributed by atoms with Crippen LogP contribution >= 0.6 is 0 Å². The summed E-state index contributed by atoms with van der Waals surface area (Å²) in [5.74, 6) is -0.833. The van der Waals surface area contributed by atoms with E-state index in [1.54, 1.807) is 11.0 Å². The fourth-order valence-electron chi connectivity index (χ4n) is 3.16. The molecule has 0 saturated carbocycles. The van der Waals surface area contributed by atoms with Gasteiger partial charge < -0.3 is 5.11 Å². The van der Waals surface area contributed by atoms with Gasteiger partial charge in [-0.1, -0.05) is 50.6 Å². The molecule has 2 aromatic carbocycles. The molecule has 0 unspecified atom stereocenters. The first kappa shape index (κ1) is 34.2. The maximum absolute atomic E-state index is 12.9. The lowest BCUT2D eigenvalue weighted by Gasteiger charge is -2.28. The second kappa shape index (κ2) is 15.5. The third kappa shape index (κ3) is 13.9. The summed E-state index contributed by atoms with van der Waals surface area (Å²) >= 11 is 0. The van der Waals surface area contributed by atoms with E-state index >= 15 is 0 Å². The number of hydrogen-bond donors (Lipinski definition) is 1. The van der Waals surface area contributed by atoms with Crippen molar-refractivity contribution < 1.29 is 49.4 Å². The van der Waals surface area contributed by atoms with Crippen molar-refractivity contribution in [2.75, 3.05) is 13.1 Å². The number of rotatable bonds is 2. The average molecular weight is 548 g/mol. The van der Waals surface area contributed by atoms with Crippen LogP contribution in [-0.4, -0.2) is 29.1 Å². The third-order valence-electron chi connectivity index (χ3n) is 4.68. The molecule has 0 spiro atoms. The number of aliphatic carboxylic acids is 1. The Bertz CT molecular complexity index is 914. The molecule has 1 aliphatic rings. The Morgan fingerprint density at radius 2 is 1.22 bits per heavy atom. The molecular weight excluding hydrogens is 517 g/mol. The van der Waals surface area contributed by atoms with Crippen LogP contribution in [0.25, 0.3) is 0 Å². The Morgan fingerprint density at radius 1 is 0.757 bits per heavy atom. The molecule has 3 rings (SSSR count). The minimum absolute atomic E-state index is 0.0984. The molecule has 0 aliphatic carbocycles. The zero-order valence-corrected chi connectivity index (χ0v) is 20.6. The lowest BCUT2D eigenvalue weighted by atomic mass is 10.0. The van der Waals surface area contributed by atoms with Gasteiger partial charge in [0.25, 0.3) is 5.97 Å². The summed E-state index contributed by atoms with van der Waals surface area (Å²) in [6.07, 6.45) is -10.8. The van der Waals surface area contributed by atoms with E-state index in [1.165, 1.54) is 12.1 Å². The van der Waals surface area contributed by atoms with Crippen LogP contribution in [0.3, 0.4) is 0 Å².